The maximum Gasteiger partial charge on any atom is 0.269 e. The lowest BCUT2D eigenvalue weighted by atomic mass is 10.1. The molecule has 0 spiro atoms. The quantitative estimate of drug-likeness (QED) is 0.355. The largest absolute Gasteiger partial charge is 0.397 e. The molecule has 1 fully saturated rings. The van der Waals surface area contributed by atoms with Gasteiger partial charge in [-0.25, -0.2) is 0 Å². The van der Waals surface area contributed by atoms with Gasteiger partial charge >= 0.3 is 0 Å². The van der Waals surface area contributed by atoms with Crippen molar-refractivity contribution in [2.75, 3.05) is 33.4 Å². The molecule has 1 aliphatic heterocycles. The van der Waals surface area contributed by atoms with Crippen molar-refractivity contribution in [2.24, 2.45) is 5.16 Å². The summed E-state index contributed by atoms with van der Waals surface area (Å²) in [5.74, 6) is 0.667. The fourth-order valence-electron chi connectivity index (χ4n) is 1.89. The van der Waals surface area contributed by atoms with E-state index in [0.29, 0.717) is 19.0 Å². The van der Waals surface area contributed by atoms with Crippen LogP contribution >= 0.6 is 0 Å². The third kappa shape index (κ3) is 3.19. The Morgan fingerprint density at radius 3 is 2.53 bits per heavy atom. The molecule has 1 aliphatic rings. The van der Waals surface area contributed by atoms with E-state index in [9.17, 15) is 10.1 Å². The molecule has 1 aromatic rings. The van der Waals surface area contributed by atoms with Crippen molar-refractivity contribution in [3.05, 3.63) is 39.9 Å². The highest BCUT2D eigenvalue weighted by atomic mass is 16.6. The van der Waals surface area contributed by atoms with Gasteiger partial charge in [0.2, 0.25) is 0 Å². The van der Waals surface area contributed by atoms with Crippen LogP contribution in [-0.2, 0) is 9.57 Å². The molecular formula is C12H15N3O4. The van der Waals surface area contributed by atoms with Crippen molar-refractivity contribution >= 4 is 11.5 Å². The van der Waals surface area contributed by atoms with Gasteiger partial charge in [-0.05, 0) is 12.1 Å². The van der Waals surface area contributed by atoms with E-state index in [1.54, 1.807) is 12.1 Å². The highest BCUT2D eigenvalue weighted by Crippen LogP contribution is 2.15. The van der Waals surface area contributed by atoms with Gasteiger partial charge in [0.25, 0.3) is 5.69 Å². The average molecular weight is 265 g/mol. The average Bonchev–Trinajstić information content (AvgIpc) is 2.46. The summed E-state index contributed by atoms with van der Waals surface area (Å²) >= 11 is 0. The van der Waals surface area contributed by atoms with E-state index < -0.39 is 4.92 Å². The molecule has 0 N–H and O–H groups in total. The van der Waals surface area contributed by atoms with E-state index >= 15 is 0 Å². The molecular weight excluding hydrogens is 250 g/mol. The number of rotatable bonds is 3. The van der Waals surface area contributed by atoms with Gasteiger partial charge in [-0.3, -0.25) is 10.1 Å². The van der Waals surface area contributed by atoms with Crippen LogP contribution in [-0.4, -0.2) is 49.1 Å². The van der Waals surface area contributed by atoms with Crippen LogP contribution in [0.1, 0.15) is 5.56 Å². The van der Waals surface area contributed by atoms with Gasteiger partial charge in [0.15, 0.2) is 5.84 Å². The monoisotopic (exact) mass is 265 g/mol. The summed E-state index contributed by atoms with van der Waals surface area (Å²) in [4.78, 5) is 17.1. The standard InChI is InChI=1S/C12H15N3O4/c1-18-13-12(14-6-8-19-9-7-14)10-2-4-11(5-3-10)15(16)17/h2-5H,6-9H2,1H3/b13-12-. The fourth-order valence-corrected chi connectivity index (χ4v) is 1.89. The van der Waals surface area contributed by atoms with Crippen LogP contribution in [0.2, 0.25) is 0 Å². The number of nitro benzene ring substituents is 1. The summed E-state index contributed by atoms with van der Waals surface area (Å²) in [6.45, 7) is 2.71. The summed E-state index contributed by atoms with van der Waals surface area (Å²) in [6, 6.07) is 6.26. The van der Waals surface area contributed by atoms with Crippen LogP contribution in [0.15, 0.2) is 29.4 Å². The van der Waals surface area contributed by atoms with E-state index in [0.717, 1.165) is 18.7 Å². The molecule has 1 saturated heterocycles. The first-order valence-corrected chi connectivity index (χ1v) is 5.91. The van der Waals surface area contributed by atoms with Crippen LogP contribution in [0.5, 0.6) is 0 Å². The maximum atomic E-state index is 10.6. The first-order valence-electron chi connectivity index (χ1n) is 5.91. The zero-order valence-electron chi connectivity index (χ0n) is 10.6. The number of nitro groups is 1. The molecule has 2 rings (SSSR count). The minimum absolute atomic E-state index is 0.0579. The van der Waals surface area contributed by atoms with Gasteiger partial charge in [0.05, 0.1) is 18.1 Å². The van der Waals surface area contributed by atoms with Crippen molar-refractivity contribution in [3.8, 4) is 0 Å². The predicted octanol–water partition coefficient (Wildman–Crippen LogP) is 1.24. The highest BCUT2D eigenvalue weighted by Gasteiger charge is 2.18. The van der Waals surface area contributed by atoms with Crippen LogP contribution in [0, 0.1) is 10.1 Å². The number of morpholine rings is 1. The molecule has 19 heavy (non-hydrogen) atoms. The van der Waals surface area contributed by atoms with Gasteiger partial charge in [-0.1, -0.05) is 5.16 Å². The third-order valence-corrected chi connectivity index (χ3v) is 2.82. The van der Waals surface area contributed by atoms with E-state index in [1.165, 1.54) is 19.2 Å². The predicted molar refractivity (Wildman–Crippen MR) is 69.0 cm³/mol. The summed E-state index contributed by atoms with van der Waals surface area (Å²) in [5, 5.41) is 14.6. The van der Waals surface area contributed by atoms with Crippen molar-refractivity contribution in [3.63, 3.8) is 0 Å². The van der Waals surface area contributed by atoms with Crippen molar-refractivity contribution in [1.82, 2.24) is 4.90 Å². The Balaban J connectivity index is 2.23. The molecule has 0 atom stereocenters. The number of oxime groups is 1. The first kappa shape index (κ1) is 13.3. The highest BCUT2D eigenvalue weighted by molar-refractivity contribution is 5.98. The lowest BCUT2D eigenvalue weighted by Crippen LogP contribution is -2.41. The van der Waals surface area contributed by atoms with E-state index in [4.69, 9.17) is 9.57 Å². The number of hydrogen-bond donors (Lipinski definition) is 0. The summed E-state index contributed by atoms with van der Waals surface area (Å²) in [5.41, 5.74) is 0.844. The molecule has 0 aromatic heterocycles. The van der Waals surface area contributed by atoms with Crippen LogP contribution in [0.25, 0.3) is 0 Å². The van der Waals surface area contributed by atoms with Crippen molar-refractivity contribution in [2.45, 2.75) is 0 Å². The Hall–Kier alpha value is -2.15. The number of non-ortho nitro benzene ring substituents is 1. The molecule has 0 radical (unpaired) electrons. The van der Waals surface area contributed by atoms with Gasteiger partial charge in [-0.2, -0.15) is 0 Å². The third-order valence-electron chi connectivity index (χ3n) is 2.82. The van der Waals surface area contributed by atoms with Crippen molar-refractivity contribution in [1.29, 1.82) is 0 Å². The molecule has 1 aromatic carbocycles. The zero-order valence-corrected chi connectivity index (χ0v) is 10.6. The Morgan fingerprint density at radius 1 is 1.37 bits per heavy atom. The molecule has 0 amide bonds. The lowest BCUT2D eigenvalue weighted by Gasteiger charge is -2.29. The summed E-state index contributed by atoms with van der Waals surface area (Å²) < 4.78 is 5.29. The maximum absolute atomic E-state index is 10.6. The second-order valence-electron chi connectivity index (χ2n) is 4.00. The second kappa shape index (κ2) is 6.14. The fraction of sp³-hybridized carbons (Fsp3) is 0.417. The number of benzene rings is 1. The Labute approximate surface area is 110 Å². The minimum Gasteiger partial charge on any atom is -0.397 e. The Bertz CT molecular complexity index is 466. The van der Waals surface area contributed by atoms with E-state index in [1.807, 2.05) is 4.90 Å². The van der Waals surface area contributed by atoms with Crippen molar-refractivity contribution < 1.29 is 14.5 Å². The van der Waals surface area contributed by atoms with Gasteiger partial charge in [-0.15, -0.1) is 0 Å². The number of amidine groups is 1. The number of nitrogens with zero attached hydrogens (tertiary/aromatic N) is 3. The molecule has 7 heteroatoms. The first-order chi connectivity index (χ1) is 9.22. The van der Waals surface area contributed by atoms with Crippen LogP contribution in [0.3, 0.4) is 0 Å². The summed E-state index contributed by atoms with van der Waals surface area (Å²) in [7, 11) is 1.48. The number of ether oxygens (including phenoxy) is 1. The molecule has 102 valence electrons. The smallest absolute Gasteiger partial charge is 0.269 e. The summed E-state index contributed by atoms with van der Waals surface area (Å²) in [6.07, 6.45) is 0. The molecule has 1 heterocycles. The Morgan fingerprint density at radius 2 is 2.00 bits per heavy atom. The molecule has 0 unspecified atom stereocenters. The molecule has 0 bridgehead atoms. The van der Waals surface area contributed by atoms with Crippen LogP contribution < -0.4 is 0 Å². The topological polar surface area (TPSA) is 77.2 Å². The van der Waals surface area contributed by atoms with Crippen LogP contribution in [0.4, 0.5) is 5.69 Å². The van der Waals surface area contributed by atoms with Gasteiger partial charge < -0.3 is 14.5 Å². The molecule has 0 saturated carbocycles. The van der Waals surface area contributed by atoms with E-state index in [2.05, 4.69) is 5.16 Å². The van der Waals surface area contributed by atoms with Gasteiger partial charge in [0, 0.05) is 30.8 Å². The van der Waals surface area contributed by atoms with E-state index in [-0.39, 0.29) is 5.69 Å². The molecule has 7 nitrogen and oxygen atoms in total. The minimum atomic E-state index is -0.425. The second-order valence-corrected chi connectivity index (χ2v) is 4.00. The zero-order chi connectivity index (χ0) is 13.7. The normalized spacial score (nSPS) is 16.3. The Kier molecular flexibility index (Phi) is 4.30. The lowest BCUT2D eigenvalue weighted by molar-refractivity contribution is -0.384. The SMILES string of the molecule is CO/N=C(/c1ccc([N+](=O)[O-])cc1)N1CCOCC1. The molecule has 0 aliphatic carbocycles. The number of hydrogen-bond acceptors (Lipinski definition) is 5. The van der Waals surface area contributed by atoms with Gasteiger partial charge in [0.1, 0.15) is 7.11 Å².